The smallest absolute Gasteiger partial charge is 0.274 e. The maximum Gasteiger partial charge on any atom is 0.274 e. The minimum absolute atomic E-state index is 0.0345. The Morgan fingerprint density at radius 3 is 2.12 bits per heavy atom. The van der Waals surface area contributed by atoms with Gasteiger partial charge in [-0.05, 0) is 48.9 Å². The van der Waals surface area contributed by atoms with Gasteiger partial charge in [0.05, 0.1) is 7.11 Å². The van der Waals surface area contributed by atoms with Crippen molar-refractivity contribution in [3.63, 3.8) is 0 Å². The SMILES string of the molecule is COc1ccc(N2C(=O)C(Oc3ccccc3)C2(SC)SC)cc1. The molecule has 2 aromatic carbocycles. The van der Waals surface area contributed by atoms with Crippen LogP contribution in [0, 0.1) is 0 Å². The molecule has 4 nitrogen and oxygen atoms in total. The minimum Gasteiger partial charge on any atom is -0.497 e. The summed E-state index contributed by atoms with van der Waals surface area (Å²) in [7, 11) is 1.63. The molecular formula is C18H19NO3S2. The van der Waals surface area contributed by atoms with Crippen LogP contribution in [0.5, 0.6) is 11.5 Å². The minimum atomic E-state index is -0.521. The number of benzene rings is 2. The Morgan fingerprint density at radius 1 is 0.958 bits per heavy atom. The molecule has 0 spiro atoms. The number of carbonyl (C=O) groups is 1. The standard InChI is InChI=1S/C18H19NO3S2/c1-21-14-11-9-13(10-12-14)19-17(20)16(18(19,23-2)24-3)22-15-7-5-4-6-8-15/h4-12,16H,1-3H3. The third-order valence-electron chi connectivity index (χ3n) is 4.00. The lowest BCUT2D eigenvalue weighted by atomic mass is 10.1. The maximum atomic E-state index is 12.8. The number of carbonyl (C=O) groups excluding carboxylic acids is 1. The summed E-state index contributed by atoms with van der Waals surface area (Å²) in [5.74, 6) is 1.44. The first-order chi connectivity index (χ1) is 11.7. The van der Waals surface area contributed by atoms with Crippen LogP contribution in [0.25, 0.3) is 0 Å². The molecule has 0 radical (unpaired) electrons. The van der Waals surface area contributed by atoms with Crippen LogP contribution < -0.4 is 14.4 Å². The number of nitrogens with zero attached hydrogens (tertiary/aromatic N) is 1. The van der Waals surface area contributed by atoms with Gasteiger partial charge in [0.2, 0.25) is 6.10 Å². The summed E-state index contributed by atoms with van der Waals surface area (Å²) in [4.78, 5) is 14.6. The van der Waals surface area contributed by atoms with Gasteiger partial charge in [0.15, 0.2) is 4.20 Å². The summed E-state index contributed by atoms with van der Waals surface area (Å²) < 4.78 is 10.7. The van der Waals surface area contributed by atoms with E-state index in [1.165, 1.54) is 0 Å². The highest BCUT2D eigenvalue weighted by Crippen LogP contribution is 2.52. The molecule has 2 aromatic rings. The first-order valence-corrected chi connectivity index (χ1v) is 9.91. The molecule has 6 heteroatoms. The van der Waals surface area contributed by atoms with Gasteiger partial charge >= 0.3 is 0 Å². The molecule has 0 aromatic heterocycles. The van der Waals surface area contributed by atoms with E-state index < -0.39 is 10.3 Å². The molecule has 0 aliphatic carbocycles. The van der Waals surface area contributed by atoms with Crippen LogP contribution in [0.3, 0.4) is 0 Å². The molecule has 3 rings (SSSR count). The van der Waals surface area contributed by atoms with E-state index in [1.807, 2.05) is 67.1 Å². The van der Waals surface area contributed by atoms with E-state index >= 15 is 0 Å². The van der Waals surface area contributed by atoms with Crippen LogP contribution in [0.4, 0.5) is 5.69 Å². The monoisotopic (exact) mass is 361 g/mol. The Kier molecular flexibility index (Phi) is 4.96. The summed E-state index contributed by atoms with van der Waals surface area (Å²) in [6.07, 6.45) is 3.48. The lowest BCUT2D eigenvalue weighted by Gasteiger charge is -2.54. The third kappa shape index (κ3) is 2.74. The summed E-state index contributed by atoms with van der Waals surface area (Å²) >= 11 is 3.23. The number of β-lactam (4-membered cyclic amide) rings is 1. The van der Waals surface area contributed by atoms with Crippen LogP contribution in [0.15, 0.2) is 54.6 Å². The van der Waals surface area contributed by atoms with Gasteiger partial charge in [0, 0.05) is 5.69 Å². The zero-order chi connectivity index (χ0) is 17.2. The van der Waals surface area contributed by atoms with Gasteiger partial charge in [-0.3, -0.25) is 9.69 Å². The molecule has 1 aliphatic heterocycles. The van der Waals surface area contributed by atoms with Crippen molar-refractivity contribution in [2.75, 3.05) is 24.5 Å². The molecular weight excluding hydrogens is 342 g/mol. The Hall–Kier alpha value is -1.79. The summed E-state index contributed by atoms with van der Waals surface area (Å²) in [6.45, 7) is 0. The maximum absolute atomic E-state index is 12.8. The Bertz CT molecular complexity index is 702. The van der Waals surface area contributed by atoms with Gasteiger partial charge < -0.3 is 9.47 Å². The van der Waals surface area contributed by atoms with Crippen LogP contribution >= 0.6 is 23.5 Å². The van der Waals surface area contributed by atoms with Crippen molar-refractivity contribution in [1.29, 1.82) is 0 Å². The third-order valence-corrected chi connectivity index (χ3v) is 6.96. The van der Waals surface area contributed by atoms with Crippen molar-refractivity contribution in [2.45, 2.75) is 10.3 Å². The van der Waals surface area contributed by atoms with Gasteiger partial charge in [0.1, 0.15) is 11.5 Å². The molecule has 24 heavy (non-hydrogen) atoms. The van der Waals surface area contributed by atoms with Crippen molar-refractivity contribution in [3.8, 4) is 11.5 Å². The molecule has 0 N–H and O–H groups in total. The first kappa shape index (κ1) is 17.0. The molecule has 1 heterocycles. The predicted octanol–water partition coefficient (Wildman–Crippen LogP) is 3.87. The highest BCUT2D eigenvalue weighted by molar-refractivity contribution is 8.18. The Morgan fingerprint density at radius 2 is 1.58 bits per heavy atom. The van der Waals surface area contributed by atoms with E-state index in [1.54, 1.807) is 35.5 Å². The van der Waals surface area contributed by atoms with E-state index in [0.29, 0.717) is 5.75 Å². The number of ether oxygens (including phenoxy) is 2. The van der Waals surface area contributed by atoms with Crippen molar-refractivity contribution in [2.24, 2.45) is 0 Å². The fourth-order valence-electron chi connectivity index (χ4n) is 2.76. The second-order valence-corrected chi connectivity index (χ2v) is 7.54. The Labute approximate surface area is 150 Å². The number of anilines is 1. The number of amides is 1. The second kappa shape index (κ2) is 6.99. The van der Waals surface area contributed by atoms with Gasteiger partial charge in [-0.1, -0.05) is 18.2 Å². The van der Waals surface area contributed by atoms with Crippen LogP contribution in [0.1, 0.15) is 0 Å². The fraction of sp³-hybridized carbons (Fsp3) is 0.278. The van der Waals surface area contributed by atoms with Crippen molar-refractivity contribution >= 4 is 35.1 Å². The van der Waals surface area contributed by atoms with Gasteiger partial charge in [0.25, 0.3) is 5.91 Å². The number of hydrogen-bond acceptors (Lipinski definition) is 5. The van der Waals surface area contributed by atoms with Gasteiger partial charge in [-0.25, -0.2) is 0 Å². The largest absolute Gasteiger partial charge is 0.497 e. The zero-order valence-corrected chi connectivity index (χ0v) is 15.4. The number of rotatable bonds is 6. The molecule has 1 saturated heterocycles. The molecule has 1 unspecified atom stereocenters. The highest BCUT2D eigenvalue weighted by Gasteiger charge is 2.62. The van der Waals surface area contributed by atoms with E-state index in [-0.39, 0.29) is 5.91 Å². The van der Waals surface area contributed by atoms with Crippen molar-refractivity contribution < 1.29 is 14.3 Å². The zero-order valence-electron chi connectivity index (χ0n) is 13.8. The van der Waals surface area contributed by atoms with Crippen LogP contribution in [-0.4, -0.2) is 35.8 Å². The van der Waals surface area contributed by atoms with E-state index in [9.17, 15) is 4.79 Å². The summed E-state index contributed by atoms with van der Waals surface area (Å²) in [6, 6.07) is 17.0. The van der Waals surface area contributed by atoms with Crippen molar-refractivity contribution in [1.82, 2.24) is 0 Å². The van der Waals surface area contributed by atoms with E-state index in [2.05, 4.69) is 0 Å². The lowest BCUT2D eigenvalue weighted by Crippen LogP contribution is -2.73. The van der Waals surface area contributed by atoms with Gasteiger partial charge in [-0.15, -0.1) is 23.5 Å². The first-order valence-electron chi connectivity index (χ1n) is 7.46. The predicted molar refractivity (Wildman–Crippen MR) is 101 cm³/mol. The Balaban J connectivity index is 1.89. The van der Waals surface area contributed by atoms with E-state index in [0.717, 1.165) is 11.4 Å². The van der Waals surface area contributed by atoms with Crippen molar-refractivity contribution in [3.05, 3.63) is 54.6 Å². The number of thioether (sulfide) groups is 2. The molecule has 126 valence electrons. The number of para-hydroxylation sites is 1. The lowest BCUT2D eigenvalue weighted by molar-refractivity contribution is -0.133. The van der Waals surface area contributed by atoms with Crippen LogP contribution in [0.2, 0.25) is 0 Å². The number of hydrogen-bond donors (Lipinski definition) is 0. The molecule has 0 saturated carbocycles. The fourth-order valence-corrected chi connectivity index (χ4v) is 4.91. The molecule has 1 aliphatic rings. The molecule has 1 amide bonds. The summed E-state index contributed by atoms with van der Waals surface area (Å²) in [5, 5.41) is 0. The average molecular weight is 361 g/mol. The average Bonchev–Trinajstić information content (AvgIpc) is 2.65. The van der Waals surface area contributed by atoms with Gasteiger partial charge in [-0.2, -0.15) is 0 Å². The summed E-state index contributed by atoms with van der Waals surface area (Å²) in [5.41, 5.74) is 0.845. The molecule has 0 bridgehead atoms. The quantitative estimate of drug-likeness (QED) is 0.577. The molecule has 1 fully saturated rings. The normalized spacial score (nSPS) is 18.9. The highest BCUT2D eigenvalue weighted by atomic mass is 32.2. The topological polar surface area (TPSA) is 38.8 Å². The molecule has 1 atom stereocenters. The van der Waals surface area contributed by atoms with Crippen LogP contribution in [-0.2, 0) is 4.79 Å². The van der Waals surface area contributed by atoms with E-state index in [4.69, 9.17) is 9.47 Å². The number of methoxy groups -OCH3 is 1. The second-order valence-electron chi connectivity index (χ2n) is 5.22.